The van der Waals surface area contributed by atoms with Gasteiger partial charge in [-0.15, -0.1) is 0 Å². The Morgan fingerprint density at radius 3 is 3.00 bits per heavy atom. The van der Waals surface area contributed by atoms with Gasteiger partial charge >= 0.3 is 0 Å². The molecule has 0 fully saturated rings. The highest BCUT2D eigenvalue weighted by molar-refractivity contribution is 5.67. The van der Waals surface area contributed by atoms with Gasteiger partial charge in [0.1, 0.15) is 5.52 Å². The zero-order chi connectivity index (χ0) is 12.5. The van der Waals surface area contributed by atoms with Gasteiger partial charge in [-0.2, -0.15) is 5.10 Å². The van der Waals surface area contributed by atoms with Crippen LogP contribution < -0.4 is 11.1 Å². The van der Waals surface area contributed by atoms with E-state index in [9.17, 15) is 8.78 Å². The third kappa shape index (κ3) is 2.50. The van der Waals surface area contributed by atoms with E-state index in [2.05, 4.69) is 15.4 Å². The van der Waals surface area contributed by atoms with Gasteiger partial charge in [0, 0.05) is 12.4 Å². The third-order valence-electron chi connectivity index (χ3n) is 2.33. The fourth-order valence-electron chi connectivity index (χ4n) is 1.47. The van der Waals surface area contributed by atoms with Crippen LogP contribution in [-0.4, -0.2) is 33.6 Å². The van der Waals surface area contributed by atoms with Crippen LogP contribution in [0.3, 0.4) is 0 Å². The monoisotopic (exact) mass is 241 g/mol. The van der Waals surface area contributed by atoms with Crippen molar-refractivity contribution >= 4 is 11.3 Å². The summed E-state index contributed by atoms with van der Waals surface area (Å²) < 4.78 is 27.6. The smallest absolute Gasteiger partial charge is 0.276 e. The summed E-state index contributed by atoms with van der Waals surface area (Å²) in [6, 6.07) is 1.77. The van der Waals surface area contributed by atoms with Crippen LogP contribution >= 0.6 is 0 Å². The molecule has 0 aliphatic rings. The van der Waals surface area contributed by atoms with E-state index in [0.717, 1.165) is 5.69 Å². The molecule has 2 rings (SSSR count). The van der Waals surface area contributed by atoms with Crippen molar-refractivity contribution in [1.82, 2.24) is 14.6 Å². The van der Waals surface area contributed by atoms with Gasteiger partial charge in [0.05, 0.1) is 18.8 Å². The van der Waals surface area contributed by atoms with Crippen LogP contribution in [0.4, 0.5) is 14.6 Å². The molecule has 2 aromatic rings. The lowest BCUT2D eigenvalue weighted by Gasteiger charge is -2.15. The van der Waals surface area contributed by atoms with Crippen LogP contribution in [0.1, 0.15) is 5.69 Å². The molecule has 92 valence electrons. The van der Waals surface area contributed by atoms with Crippen LogP contribution in [0.25, 0.3) is 5.52 Å². The second-order valence-electron chi connectivity index (χ2n) is 3.81. The SMILES string of the molecule is Cc1cc2c(NCC(F)(F)CN)nccn2n1. The van der Waals surface area contributed by atoms with Gasteiger partial charge in [0.15, 0.2) is 5.82 Å². The summed E-state index contributed by atoms with van der Waals surface area (Å²) in [4.78, 5) is 4.01. The highest BCUT2D eigenvalue weighted by Gasteiger charge is 2.26. The van der Waals surface area contributed by atoms with E-state index >= 15 is 0 Å². The highest BCUT2D eigenvalue weighted by Crippen LogP contribution is 2.17. The number of rotatable bonds is 4. The number of aromatic nitrogens is 3. The predicted molar refractivity (Wildman–Crippen MR) is 60.2 cm³/mol. The van der Waals surface area contributed by atoms with Crippen molar-refractivity contribution in [1.29, 1.82) is 0 Å². The Hall–Kier alpha value is -1.76. The summed E-state index contributed by atoms with van der Waals surface area (Å²) in [7, 11) is 0. The van der Waals surface area contributed by atoms with Crippen molar-refractivity contribution < 1.29 is 8.78 Å². The average molecular weight is 241 g/mol. The maximum Gasteiger partial charge on any atom is 0.276 e. The maximum absolute atomic E-state index is 13.0. The Bertz CT molecular complexity index is 522. The Kier molecular flexibility index (Phi) is 2.93. The Morgan fingerprint density at radius 1 is 1.53 bits per heavy atom. The Balaban J connectivity index is 2.24. The van der Waals surface area contributed by atoms with Crippen LogP contribution in [0.2, 0.25) is 0 Å². The zero-order valence-electron chi connectivity index (χ0n) is 9.32. The molecular weight excluding hydrogens is 228 g/mol. The van der Waals surface area contributed by atoms with Gasteiger partial charge in [-0.05, 0) is 13.0 Å². The number of nitrogens with one attached hydrogen (secondary N) is 1. The molecule has 0 amide bonds. The fourth-order valence-corrected chi connectivity index (χ4v) is 1.47. The number of nitrogens with zero attached hydrogens (tertiary/aromatic N) is 3. The molecule has 0 radical (unpaired) electrons. The number of halogens is 2. The Labute approximate surface area is 96.6 Å². The fraction of sp³-hybridized carbons (Fsp3) is 0.400. The van der Waals surface area contributed by atoms with Gasteiger partial charge in [-0.1, -0.05) is 0 Å². The van der Waals surface area contributed by atoms with Crippen LogP contribution in [0.15, 0.2) is 18.5 Å². The summed E-state index contributed by atoms with van der Waals surface area (Å²) in [6.07, 6.45) is 3.16. The predicted octanol–water partition coefficient (Wildman–Crippen LogP) is 1.04. The first-order chi connectivity index (χ1) is 8.02. The number of hydrogen-bond acceptors (Lipinski definition) is 4. The first-order valence-electron chi connectivity index (χ1n) is 5.14. The van der Waals surface area contributed by atoms with Crippen molar-refractivity contribution in [2.45, 2.75) is 12.8 Å². The molecule has 2 aromatic heterocycles. The molecule has 2 heterocycles. The minimum atomic E-state index is -2.94. The summed E-state index contributed by atoms with van der Waals surface area (Å²) >= 11 is 0. The average Bonchev–Trinajstić information content (AvgIpc) is 2.67. The van der Waals surface area contributed by atoms with E-state index in [0.29, 0.717) is 11.3 Å². The summed E-state index contributed by atoms with van der Waals surface area (Å²) in [5.41, 5.74) is 6.42. The van der Waals surface area contributed by atoms with Crippen molar-refractivity contribution in [2.24, 2.45) is 5.73 Å². The molecule has 0 saturated heterocycles. The second kappa shape index (κ2) is 4.25. The van der Waals surface area contributed by atoms with Gasteiger partial charge in [0.2, 0.25) is 0 Å². The Morgan fingerprint density at radius 2 is 2.29 bits per heavy atom. The number of hydrogen-bond donors (Lipinski definition) is 2. The number of anilines is 1. The molecule has 0 aliphatic heterocycles. The van der Waals surface area contributed by atoms with Crippen LogP contribution in [0.5, 0.6) is 0 Å². The van der Waals surface area contributed by atoms with E-state index in [1.54, 1.807) is 16.8 Å². The molecule has 0 spiro atoms. The van der Waals surface area contributed by atoms with E-state index in [1.807, 2.05) is 6.92 Å². The normalized spacial score (nSPS) is 12.0. The van der Waals surface area contributed by atoms with Crippen molar-refractivity contribution in [3.05, 3.63) is 24.2 Å². The molecule has 0 aromatic carbocycles. The summed E-state index contributed by atoms with van der Waals surface area (Å²) in [5, 5.41) is 6.75. The summed E-state index contributed by atoms with van der Waals surface area (Å²) in [6.45, 7) is 0.590. The van der Waals surface area contributed by atoms with Gasteiger partial charge in [0.25, 0.3) is 5.92 Å². The molecule has 3 N–H and O–H groups in total. The van der Waals surface area contributed by atoms with Crippen molar-refractivity contribution in [2.75, 3.05) is 18.4 Å². The molecule has 0 bridgehead atoms. The minimum Gasteiger partial charge on any atom is -0.362 e. The van der Waals surface area contributed by atoms with E-state index < -0.39 is 19.0 Å². The second-order valence-corrected chi connectivity index (χ2v) is 3.81. The maximum atomic E-state index is 13.0. The molecule has 0 saturated carbocycles. The lowest BCUT2D eigenvalue weighted by atomic mass is 10.3. The first-order valence-corrected chi connectivity index (χ1v) is 5.14. The van der Waals surface area contributed by atoms with Crippen molar-refractivity contribution in [3.8, 4) is 0 Å². The standard InChI is InChI=1S/C10H13F2N5/c1-7-4-8-9(14-2-3-17(8)16-7)15-6-10(11,12)5-13/h2-4H,5-6,13H2,1H3,(H,14,15). The first kappa shape index (κ1) is 11.7. The van der Waals surface area contributed by atoms with Crippen molar-refractivity contribution in [3.63, 3.8) is 0 Å². The van der Waals surface area contributed by atoms with E-state index in [4.69, 9.17) is 5.73 Å². The molecule has 7 heteroatoms. The number of aryl methyl sites for hydroxylation is 1. The lowest BCUT2D eigenvalue weighted by Crippen LogP contribution is -2.35. The summed E-state index contributed by atoms with van der Waals surface area (Å²) in [5.74, 6) is -2.56. The van der Waals surface area contributed by atoms with Gasteiger partial charge in [-0.3, -0.25) is 0 Å². The highest BCUT2D eigenvalue weighted by atomic mass is 19.3. The number of nitrogens with two attached hydrogens (primary N) is 1. The molecule has 17 heavy (non-hydrogen) atoms. The van der Waals surface area contributed by atoms with Crippen LogP contribution in [0, 0.1) is 6.92 Å². The zero-order valence-corrected chi connectivity index (χ0v) is 9.32. The van der Waals surface area contributed by atoms with Gasteiger partial charge < -0.3 is 11.1 Å². The third-order valence-corrected chi connectivity index (χ3v) is 2.33. The molecule has 0 aliphatic carbocycles. The largest absolute Gasteiger partial charge is 0.362 e. The van der Waals surface area contributed by atoms with Gasteiger partial charge in [-0.25, -0.2) is 18.3 Å². The van der Waals surface area contributed by atoms with E-state index in [-0.39, 0.29) is 0 Å². The molecular formula is C10H13F2N5. The number of alkyl halides is 2. The van der Waals surface area contributed by atoms with Crippen LogP contribution in [-0.2, 0) is 0 Å². The molecule has 0 unspecified atom stereocenters. The molecule has 0 atom stereocenters. The molecule has 5 nitrogen and oxygen atoms in total. The quantitative estimate of drug-likeness (QED) is 0.839. The lowest BCUT2D eigenvalue weighted by molar-refractivity contribution is 0.0253. The number of fused-ring (bicyclic) bond motifs is 1. The van der Waals surface area contributed by atoms with E-state index in [1.165, 1.54) is 6.20 Å². The minimum absolute atomic E-state index is 0.376. The topological polar surface area (TPSA) is 68.2 Å².